The zero-order valence-corrected chi connectivity index (χ0v) is 18.9. The molecule has 0 fully saturated rings. The van der Waals surface area contributed by atoms with Crippen molar-refractivity contribution in [3.05, 3.63) is 89.7 Å². The first-order chi connectivity index (χ1) is 16.5. The maximum absolute atomic E-state index is 13.7. The molecule has 2 heterocycles. The van der Waals surface area contributed by atoms with Gasteiger partial charge < -0.3 is 14.2 Å². The second-order valence-electron chi connectivity index (χ2n) is 7.48. The average molecular weight is 529 g/mol. The molecule has 4 rings (SSSR count). The Bertz CT molecular complexity index is 1490. The predicted octanol–water partition coefficient (Wildman–Crippen LogP) is 3.99. The number of nitrogens with zero attached hydrogens (tertiary/aromatic N) is 3. The van der Waals surface area contributed by atoms with E-state index < -0.39 is 28.1 Å². The molecule has 4 aromatic rings. The minimum absolute atomic E-state index is 0. The molecule has 0 aliphatic heterocycles. The van der Waals surface area contributed by atoms with Crippen molar-refractivity contribution in [1.29, 1.82) is 0 Å². The molecular weight excluding hydrogens is 510 g/mol. The number of ether oxygens (including phenoxy) is 1. The van der Waals surface area contributed by atoms with E-state index in [2.05, 4.69) is 9.72 Å². The van der Waals surface area contributed by atoms with Gasteiger partial charge in [-0.1, -0.05) is 18.2 Å². The van der Waals surface area contributed by atoms with Gasteiger partial charge in [0.2, 0.25) is 0 Å². The molecule has 0 saturated heterocycles. The fourth-order valence-electron chi connectivity index (χ4n) is 3.47. The molecule has 184 valence electrons. The number of aromatic nitrogens is 2. The van der Waals surface area contributed by atoms with Crippen molar-refractivity contribution in [3.8, 4) is 5.75 Å². The van der Waals surface area contributed by atoms with E-state index in [1.165, 1.54) is 36.4 Å². The summed E-state index contributed by atoms with van der Waals surface area (Å²) in [5.41, 5.74) is 1.31. The van der Waals surface area contributed by atoms with Crippen LogP contribution in [0.4, 0.5) is 19.0 Å². The number of carbonyl (C=O) groups is 1. The summed E-state index contributed by atoms with van der Waals surface area (Å²) in [5, 5.41) is 9.12. The van der Waals surface area contributed by atoms with E-state index in [0.29, 0.717) is 16.9 Å². The third kappa shape index (κ3) is 5.84. The third-order valence-corrected chi connectivity index (χ3v) is 6.90. The van der Waals surface area contributed by atoms with Gasteiger partial charge in [0.15, 0.2) is 5.82 Å². The van der Waals surface area contributed by atoms with Crippen molar-refractivity contribution in [1.82, 2.24) is 9.38 Å². The number of rotatable bonds is 7. The third-order valence-electron chi connectivity index (χ3n) is 5.15. The molecule has 0 spiro atoms. The van der Waals surface area contributed by atoms with Gasteiger partial charge in [-0.3, -0.25) is 0 Å². The molecule has 0 amide bonds. The van der Waals surface area contributed by atoms with Crippen LogP contribution in [0.15, 0.2) is 77.8 Å². The van der Waals surface area contributed by atoms with Crippen molar-refractivity contribution >= 4 is 57.0 Å². The van der Waals surface area contributed by atoms with Crippen LogP contribution in [0.3, 0.4) is 0 Å². The van der Waals surface area contributed by atoms with E-state index in [9.17, 15) is 26.4 Å². The Balaban J connectivity index is 0.00000361. The topological polar surface area (TPSA) is 101 Å². The number of carboxylic acid groups (broad SMARTS) is 1. The standard InChI is InChI=1S/C23H18F3N3O5S.Na.H/c1-15-21(27-20-4-2-3-13-28(15)20)29(14-16-5-9-18(10-6-16)34-23(24,25)26)35(32,33)19-11-7-17(8-12-19)22(30)31;;/h2-13H,14H2,1H3,(H,30,31);;. The first-order valence-electron chi connectivity index (χ1n) is 10.1. The first-order valence-corrected chi connectivity index (χ1v) is 11.5. The van der Waals surface area contributed by atoms with Gasteiger partial charge in [-0.15, -0.1) is 13.2 Å². The van der Waals surface area contributed by atoms with Crippen molar-refractivity contribution in [2.45, 2.75) is 24.7 Å². The number of hydrogen-bond acceptors (Lipinski definition) is 5. The van der Waals surface area contributed by atoms with Crippen molar-refractivity contribution in [2.75, 3.05) is 4.31 Å². The fraction of sp³-hybridized carbons (Fsp3) is 0.130. The van der Waals surface area contributed by atoms with E-state index >= 15 is 0 Å². The Hall–Kier alpha value is -3.06. The number of sulfonamides is 1. The molecule has 0 aliphatic carbocycles. The number of aromatic carboxylic acids is 1. The Morgan fingerprint density at radius 3 is 2.25 bits per heavy atom. The number of carboxylic acids is 1. The molecule has 2 aromatic carbocycles. The van der Waals surface area contributed by atoms with E-state index in [-0.39, 0.29) is 52.4 Å². The molecule has 0 bridgehead atoms. The van der Waals surface area contributed by atoms with Crippen LogP contribution < -0.4 is 9.04 Å². The molecule has 0 radical (unpaired) electrons. The SMILES string of the molecule is Cc1c(N(Cc2ccc(OC(F)(F)F)cc2)S(=O)(=O)c2ccc(C(=O)O)cc2)nc2ccccn12.[NaH]. The molecule has 8 nitrogen and oxygen atoms in total. The summed E-state index contributed by atoms with van der Waals surface area (Å²) in [6.45, 7) is 1.44. The number of alkyl halides is 3. The number of imidazole rings is 1. The van der Waals surface area contributed by atoms with Gasteiger partial charge in [0.25, 0.3) is 10.0 Å². The van der Waals surface area contributed by atoms with Crippen LogP contribution in [0, 0.1) is 6.92 Å². The van der Waals surface area contributed by atoms with Gasteiger partial charge in [-0.25, -0.2) is 22.5 Å². The Kier molecular flexibility index (Phi) is 8.04. The van der Waals surface area contributed by atoms with Crippen molar-refractivity contribution in [2.24, 2.45) is 0 Å². The first kappa shape index (κ1) is 27.5. The van der Waals surface area contributed by atoms with Crippen LogP contribution in [0.2, 0.25) is 0 Å². The van der Waals surface area contributed by atoms with Crippen LogP contribution in [-0.4, -0.2) is 64.8 Å². The molecular formula is C23H19F3N3NaO5S. The Morgan fingerprint density at radius 1 is 1.06 bits per heavy atom. The summed E-state index contributed by atoms with van der Waals surface area (Å²) in [6.07, 6.45) is -3.14. The number of pyridine rings is 1. The van der Waals surface area contributed by atoms with Gasteiger partial charge in [0.05, 0.1) is 22.7 Å². The van der Waals surface area contributed by atoms with Crippen LogP contribution in [0.5, 0.6) is 5.75 Å². The molecule has 0 saturated carbocycles. The Labute approximate surface area is 226 Å². The second kappa shape index (κ2) is 10.5. The normalized spacial score (nSPS) is 11.7. The van der Waals surface area contributed by atoms with E-state index in [4.69, 9.17) is 5.11 Å². The second-order valence-corrected chi connectivity index (χ2v) is 9.34. The molecule has 0 atom stereocenters. The van der Waals surface area contributed by atoms with E-state index in [0.717, 1.165) is 16.4 Å². The summed E-state index contributed by atoms with van der Waals surface area (Å²) < 4.78 is 71.4. The van der Waals surface area contributed by atoms with Gasteiger partial charge in [-0.2, -0.15) is 0 Å². The quantitative estimate of drug-likeness (QED) is 0.364. The number of aryl methyl sites for hydroxylation is 1. The van der Waals surface area contributed by atoms with Crippen molar-refractivity contribution < 1.29 is 36.2 Å². The number of fused-ring (bicyclic) bond motifs is 1. The average Bonchev–Trinajstić information content (AvgIpc) is 3.13. The van der Waals surface area contributed by atoms with Gasteiger partial charge in [0, 0.05) is 6.20 Å². The monoisotopic (exact) mass is 529 g/mol. The summed E-state index contributed by atoms with van der Waals surface area (Å²) in [7, 11) is -4.25. The summed E-state index contributed by atoms with van der Waals surface area (Å²) in [4.78, 5) is 15.4. The molecule has 0 aliphatic rings. The molecule has 0 unspecified atom stereocenters. The molecule has 2 aromatic heterocycles. The maximum atomic E-state index is 13.7. The van der Waals surface area contributed by atoms with Gasteiger partial charge in [0.1, 0.15) is 11.4 Å². The predicted molar refractivity (Wildman–Crippen MR) is 127 cm³/mol. The number of hydrogen-bond donors (Lipinski definition) is 1. The summed E-state index contributed by atoms with van der Waals surface area (Å²) in [6, 6.07) is 14.7. The molecule has 13 heteroatoms. The van der Waals surface area contributed by atoms with E-state index in [1.54, 1.807) is 35.7 Å². The zero-order chi connectivity index (χ0) is 25.4. The zero-order valence-electron chi connectivity index (χ0n) is 18.1. The molecule has 36 heavy (non-hydrogen) atoms. The number of halogens is 3. The van der Waals surface area contributed by atoms with Crippen LogP contribution in [0.1, 0.15) is 21.6 Å². The van der Waals surface area contributed by atoms with E-state index in [1.807, 2.05) is 0 Å². The van der Waals surface area contributed by atoms with Crippen LogP contribution in [0.25, 0.3) is 5.65 Å². The minimum atomic E-state index is -4.85. The molecule has 1 N–H and O–H groups in total. The fourth-order valence-corrected chi connectivity index (χ4v) is 4.93. The number of anilines is 1. The summed E-state index contributed by atoms with van der Waals surface area (Å²) in [5.74, 6) is -1.53. The van der Waals surface area contributed by atoms with Crippen LogP contribution >= 0.6 is 0 Å². The number of benzene rings is 2. The summed E-state index contributed by atoms with van der Waals surface area (Å²) >= 11 is 0. The van der Waals surface area contributed by atoms with Crippen LogP contribution in [-0.2, 0) is 16.6 Å². The Morgan fingerprint density at radius 2 is 1.69 bits per heavy atom. The van der Waals surface area contributed by atoms with Gasteiger partial charge in [-0.05, 0) is 61.0 Å². The van der Waals surface area contributed by atoms with Gasteiger partial charge >= 0.3 is 41.9 Å². The van der Waals surface area contributed by atoms with Crippen molar-refractivity contribution in [3.63, 3.8) is 0 Å².